The molecule has 2 aliphatic heterocycles. The van der Waals surface area contributed by atoms with Gasteiger partial charge in [-0.1, -0.05) is 6.58 Å². The fourth-order valence-corrected chi connectivity index (χ4v) is 4.42. The van der Waals surface area contributed by atoms with Crippen molar-refractivity contribution in [1.82, 2.24) is 15.2 Å². The quantitative estimate of drug-likeness (QED) is 0.585. The van der Waals surface area contributed by atoms with Crippen LogP contribution in [0.25, 0.3) is 11.6 Å². The summed E-state index contributed by atoms with van der Waals surface area (Å²) in [5.74, 6) is -0.901. The molecule has 3 N–H and O–H groups in total. The molecule has 2 aromatic rings. The van der Waals surface area contributed by atoms with Crippen LogP contribution in [0.1, 0.15) is 46.2 Å². The molecule has 0 radical (unpaired) electrons. The van der Waals surface area contributed by atoms with E-state index in [1.807, 2.05) is 20.8 Å². The topological polar surface area (TPSA) is 86.5 Å². The molecule has 0 spiro atoms. The second-order valence-electron chi connectivity index (χ2n) is 8.61. The van der Waals surface area contributed by atoms with Gasteiger partial charge in [-0.2, -0.15) is 0 Å². The Kier molecular flexibility index (Phi) is 6.37. The summed E-state index contributed by atoms with van der Waals surface area (Å²) in [6, 6.07) is 4.09. The number of aryl methyl sites for hydroxylation is 1. The third kappa shape index (κ3) is 4.71. The molecule has 0 aliphatic carbocycles. The Morgan fingerprint density at radius 1 is 1.33 bits per heavy atom. The maximum absolute atomic E-state index is 13.7. The molecular formula is C25H29FN4O3. The number of H-pyrrole nitrogens is 1. The van der Waals surface area contributed by atoms with Gasteiger partial charge in [0.15, 0.2) is 0 Å². The molecule has 1 fully saturated rings. The molecule has 0 bridgehead atoms. The zero-order chi connectivity index (χ0) is 23.7. The molecule has 2 aliphatic rings. The number of nitrogens with zero attached hydrogens (tertiary/aromatic N) is 1. The number of anilines is 1. The van der Waals surface area contributed by atoms with Crippen molar-refractivity contribution in [3.05, 3.63) is 64.4 Å². The van der Waals surface area contributed by atoms with Crippen LogP contribution in [0.2, 0.25) is 0 Å². The summed E-state index contributed by atoms with van der Waals surface area (Å²) in [7, 11) is 0. The molecule has 1 saturated heterocycles. The first-order valence-corrected chi connectivity index (χ1v) is 11.1. The maximum atomic E-state index is 13.7. The molecule has 174 valence electrons. The van der Waals surface area contributed by atoms with Gasteiger partial charge in [0.05, 0.1) is 24.4 Å². The van der Waals surface area contributed by atoms with E-state index in [1.165, 1.54) is 12.1 Å². The molecule has 4 rings (SSSR count). The first kappa shape index (κ1) is 22.8. The van der Waals surface area contributed by atoms with Gasteiger partial charge in [-0.05, 0) is 50.6 Å². The van der Waals surface area contributed by atoms with Gasteiger partial charge in [-0.15, -0.1) is 0 Å². The molecule has 1 aromatic carbocycles. The smallest absolute Gasteiger partial charge is 0.256 e. The third-order valence-corrected chi connectivity index (χ3v) is 6.13. The summed E-state index contributed by atoms with van der Waals surface area (Å²) in [5, 5.41) is 5.80. The Balaban J connectivity index is 1.50. The van der Waals surface area contributed by atoms with Crippen molar-refractivity contribution in [2.45, 2.75) is 33.2 Å². The Morgan fingerprint density at radius 3 is 2.79 bits per heavy atom. The van der Waals surface area contributed by atoms with E-state index < -0.39 is 5.82 Å². The number of nitrogens with one attached hydrogen (secondary N) is 3. The molecule has 1 unspecified atom stereocenters. The van der Waals surface area contributed by atoms with E-state index in [2.05, 4.69) is 27.1 Å². The number of morpholine rings is 1. The number of fused-ring (bicyclic) bond motifs is 1. The summed E-state index contributed by atoms with van der Waals surface area (Å²) in [4.78, 5) is 30.9. The number of hydrogen-bond acceptors (Lipinski definition) is 4. The average Bonchev–Trinajstić information content (AvgIpc) is 3.23. The number of amides is 2. The highest BCUT2D eigenvalue weighted by Gasteiger charge is 2.26. The maximum Gasteiger partial charge on any atom is 0.256 e. The van der Waals surface area contributed by atoms with Gasteiger partial charge in [0.1, 0.15) is 5.82 Å². The van der Waals surface area contributed by atoms with Crippen LogP contribution in [0.15, 0.2) is 30.5 Å². The normalized spacial score (nSPS) is 17.6. The standard InChI is InChI=1S/C25H29FN4O3/c1-14(11-15(2)30-7-9-33-10-8-30)27-25(32)23-16(3)22(28-17(23)4)13-20-19-12-18(26)5-6-21(19)29-24(20)31/h5-6,12-14,28H,2,7-11H2,1,3-4H3,(H,27,32)(H,29,31)/b20-13-. The van der Waals surface area contributed by atoms with E-state index in [-0.39, 0.29) is 17.9 Å². The van der Waals surface area contributed by atoms with Crippen molar-refractivity contribution in [3.63, 3.8) is 0 Å². The summed E-state index contributed by atoms with van der Waals surface area (Å²) in [6.45, 7) is 12.8. The lowest BCUT2D eigenvalue weighted by Crippen LogP contribution is -2.39. The number of benzene rings is 1. The Bertz CT molecular complexity index is 1140. The molecular weight excluding hydrogens is 423 g/mol. The van der Waals surface area contributed by atoms with Gasteiger partial charge < -0.3 is 25.3 Å². The molecule has 8 heteroatoms. The van der Waals surface area contributed by atoms with Crippen molar-refractivity contribution >= 4 is 29.2 Å². The minimum Gasteiger partial charge on any atom is -0.378 e. The largest absolute Gasteiger partial charge is 0.378 e. The molecule has 2 amide bonds. The summed E-state index contributed by atoms with van der Waals surface area (Å²) >= 11 is 0. The van der Waals surface area contributed by atoms with E-state index in [0.717, 1.165) is 24.4 Å². The number of aromatic amines is 1. The van der Waals surface area contributed by atoms with Crippen LogP contribution in [0, 0.1) is 19.7 Å². The molecule has 7 nitrogen and oxygen atoms in total. The Hall–Kier alpha value is -3.39. The van der Waals surface area contributed by atoms with Crippen LogP contribution in [-0.4, -0.2) is 54.0 Å². The van der Waals surface area contributed by atoms with Crippen LogP contribution in [0.5, 0.6) is 0 Å². The minimum atomic E-state index is -0.414. The monoisotopic (exact) mass is 452 g/mol. The van der Waals surface area contributed by atoms with Gasteiger partial charge in [-0.25, -0.2) is 4.39 Å². The van der Waals surface area contributed by atoms with E-state index >= 15 is 0 Å². The number of rotatable bonds is 6. The Morgan fingerprint density at radius 2 is 2.06 bits per heavy atom. The van der Waals surface area contributed by atoms with Crippen LogP contribution in [-0.2, 0) is 9.53 Å². The second-order valence-corrected chi connectivity index (χ2v) is 8.61. The van der Waals surface area contributed by atoms with E-state index in [9.17, 15) is 14.0 Å². The number of aromatic nitrogens is 1. The van der Waals surface area contributed by atoms with E-state index in [0.29, 0.717) is 53.4 Å². The molecule has 3 heterocycles. The third-order valence-electron chi connectivity index (χ3n) is 6.13. The van der Waals surface area contributed by atoms with Crippen molar-refractivity contribution in [3.8, 4) is 0 Å². The van der Waals surface area contributed by atoms with Gasteiger partial charge in [0.25, 0.3) is 11.8 Å². The average molecular weight is 453 g/mol. The first-order chi connectivity index (χ1) is 15.7. The second kappa shape index (κ2) is 9.23. The predicted molar refractivity (Wildman–Crippen MR) is 126 cm³/mol. The first-order valence-electron chi connectivity index (χ1n) is 11.1. The fourth-order valence-electron chi connectivity index (χ4n) is 4.42. The van der Waals surface area contributed by atoms with Crippen LogP contribution in [0.4, 0.5) is 10.1 Å². The van der Waals surface area contributed by atoms with Gasteiger partial charge in [-0.3, -0.25) is 9.59 Å². The van der Waals surface area contributed by atoms with Crippen molar-refractivity contribution in [2.75, 3.05) is 31.6 Å². The van der Waals surface area contributed by atoms with Crippen molar-refractivity contribution in [1.29, 1.82) is 0 Å². The summed E-state index contributed by atoms with van der Waals surface area (Å²) < 4.78 is 19.1. The van der Waals surface area contributed by atoms with Gasteiger partial charge in [0, 0.05) is 53.9 Å². The lowest BCUT2D eigenvalue weighted by atomic mass is 10.0. The van der Waals surface area contributed by atoms with Crippen LogP contribution in [0.3, 0.4) is 0 Å². The number of carbonyl (C=O) groups is 2. The van der Waals surface area contributed by atoms with Crippen LogP contribution >= 0.6 is 0 Å². The number of carbonyl (C=O) groups excluding carboxylic acids is 2. The highest BCUT2D eigenvalue weighted by molar-refractivity contribution is 6.34. The van der Waals surface area contributed by atoms with E-state index in [4.69, 9.17) is 4.74 Å². The predicted octanol–water partition coefficient (Wildman–Crippen LogP) is 3.62. The Labute approximate surface area is 192 Å². The summed E-state index contributed by atoms with van der Waals surface area (Å²) in [6.07, 6.45) is 2.32. The number of halogens is 1. The minimum absolute atomic E-state index is 0.0983. The summed E-state index contributed by atoms with van der Waals surface area (Å²) in [5.41, 5.74) is 5.04. The van der Waals surface area contributed by atoms with Crippen molar-refractivity contribution < 1.29 is 18.7 Å². The highest BCUT2D eigenvalue weighted by Crippen LogP contribution is 2.34. The SMILES string of the molecule is C=C(CC(C)NC(=O)c1c(C)[nH]c(/C=C2\C(=O)Nc3ccc(F)cc32)c1C)N1CCOCC1. The molecule has 1 atom stereocenters. The van der Waals surface area contributed by atoms with Gasteiger partial charge in [0.2, 0.25) is 0 Å². The van der Waals surface area contributed by atoms with Crippen LogP contribution < -0.4 is 10.6 Å². The van der Waals surface area contributed by atoms with Crippen molar-refractivity contribution in [2.24, 2.45) is 0 Å². The zero-order valence-corrected chi connectivity index (χ0v) is 19.2. The molecule has 1 aromatic heterocycles. The lowest BCUT2D eigenvalue weighted by molar-refractivity contribution is -0.110. The number of hydrogen-bond donors (Lipinski definition) is 3. The fraction of sp³-hybridized carbons (Fsp3) is 0.360. The highest BCUT2D eigenvalue weighted by atomic mass is 19.1. The van der Waals surface area contributed by atoms with E-state index in [1.54, 1.807) is 12.1 Å². The molecule has 33 heavy (non-hydrogen) atoms. The lowest BCUT2D eigenvalue weighted by Gasteiger charge is -2.31. The van der Waals surface area contributed by atoms with Gasteiger partial charge >= 0.3 is 0 Å². The number of ether oxygens (including phenoxy) is 1. The molecule has 0 saturated carbocycles. The zero-order valence-electron chi connectivity index (χ0n) is 19.2.